The molecular formula is C21H20N2O4. The van der Waals surface area contributed by atoms with E-state index in [2.05, 4.69) is 17.0 Å². The van der Waals surface area contributed by atoms with Crippen LogP contribution in [0.5, 0.6) is 5.75 Å². The van der Waals surface area contributed by atoms with E-state index in [1.165, 1.54) is 23.2 Å². The van der Waals surface area contributed by atoms with E-state index in [0.29, 0.717) is 23.3 Å². The molecule has 0 bridgehead atoms. The summed E-state index contributed by atoms with van der Waals surface area (Å²) in [4.78, 5) is 26.0. The van der Waals surface area contributed by atoms with Gasteiger partial charge in [0.1, 0.15) is 11.4 Å². The number of nitrogens with one attached hydrogen (secondary N) is 1. The molecule has 4 rings (SSSR count). The van der Waals surface area contributed by atoms with Crippen LogP contribution in [0.1, 0.15) is 27.9 Å². The molecule has 0 unspecified atom stereocenters. The van der Waals surface area contributed by atoms with Crippen molar-refractivity contribution in [1.29, 1.82) is 0 Å². The third-order valence-electron chi connectivity index (χ3n) is 4.92. The number of hydroxylamine groups is 1. The van der Waals surface area contributed by atoms with Crippen LogP contribution in [-0.2, 0) is 11.3 Å². The molecule has 138 valence electrons. The predicted octanol–water partition coefficient (Wildman–Crippen LogP) is 2.42. The number of ketones is 1. The Morgan fingerprint density at radius 3 is 2.74 bits per heavy atom. The molecule has 2 aliphatic heterocycles. The molecular weight excluding hydrogens is 344 g/mol. The summed E-state index contributed by atoms with van der Waals surface area (Å²) in [5.41, 5.74) is 3.58. The van der Waals surface area contributed by atoms with Crippen molar-refractivity contribution >= 4 is 17.8 Å². The first-order valence-corrected chi connectivity index (χ1v) is 8.82. The molecule has 1 spiro atoms. The van der Waals surface area contributed by atoms with Gasteiger partial charge in [0.15, 0.2) is 5.78 Å². The molecule has 2 aliphatic rings. The molecule has 1 fully saturated rings. The molecule has 1 saturated heterocycles. The normalized spacial score (nSPS) is 18.0. The Balaban J connectivity index is 1.44. The number of benzene rings is 2. The van der Waals surface area contributed by atoms with Crippen molar-refractivity contribution in [3.05, 3.63) is 71.3 Å². The number of nitrogens with zero attached hydrogens (tertiary/aromatic N) is 1. The number of carbonyl (C=O) groups is 2. The van der Waals surface area contributed by atoms with E-state index in [4.69, 9.17) is 9.94 Å². The number of ether oxygens (including phenoxy) is 1. The zero-order chi connectivity index (χ0) is 18.9. The summed E-state index contributed by atoms with van der Waals surface area (Å²) in [5, 5.41) is 8.52. The average molecular weight is 364 g/mol. The largest absolute Gasteiger partial charge is 0.483 e. The Kier molecular flexibility index (Phi) is 4.51. The van der Waals surface area contributed by atoms with Gasteiger partial charge in [-0.25, -0.2) is 5.48 Å². The first kappa shape index (κ1) is 17.5. The van der Waals surface area contributed by atoms with Crippen molar-refractivity contribution in [3.63, 3.8) is 0 Å². The van der Waals surface area contributed by atoms with Gasteiger partial charge in [-0.3, -0.25) is 19.7 Å². The zero-order valence-corrected chi connectivity index (χ0v) is 14.7. The first-order chi connectivity index (χ1) is 13.1. The number of fused-ring (bicyclic) bond motifs is 1. The summed E-state index contributed by atoms with van der Waals surface area (Å²) in [6, 6.07) is 15.5. The fraction of sp³-hybridized carbons (Fsp3) is 0.238. The fourth-order valence-corrected chi connectivity index (χ4v) is 3.72. The second-order valence-corrected chi connectivity index (χ2v) is 7.08. The van der Waals surface area contributed by atoms with E-state index >= 15 is 0 Å². The minimum atomic E-state index is -0.623. The zero-order valence-electron chi connectivity index (χ0n) is 14.7. The first-order valence-electron chi connectivity index (χ1n) is 8.82. The number of Topliss-reactive ketones (excluding diaryl/α,β-unsaturated/α-hetero) is 1. The number of likely N-dealkylation sites (tertiary alicyclic amines) is 1. The lowest BCUT2D eigenvalue weighted by molar-refractivity contribution is -0.124. The van der Waals surface area contributed by atoms with Crippen LogP contribution in [-0.4, -0.2) is 40.5 Å². The predicted molar refractivity (Wildman–Crippen MR) is 99.4 cm³/mol. The highest BCUT2D eigenvalue weighted by atomic mass is 16.5. The average Bonchev–Trinajstić information content (AvgIpc) is 2.66. The molecule has 2 aromatic rings. The Labute approximate surface area is 157 Å². The Morgan fingerprint density at radius 1 is 1.22 bits per heavy atom. The molecule has 0 saturated carbocycles. The molecule has 0 aromatic heterocycles. The molecule has 0 aliphatic carbocycles. The highest BCUT2D eigenvalue weighted by Crippen LogP contribution is 2.39. The quantitative estimate of drug-likeness (QED) is 0.495. The summed E-state index contributed by atoms with van der Waals surface area (Å²) >= 11 is 0. The SMILES string of the molecule is O=C(C=Cc1ccc2c(c1)C(=O)CC1(CN(Cc3ccccc3)C1)O2)NO. The van der Waals surface area contributed by atoms with Crippen molar-refractivity contribution in [3.8, 4) is 5.75 Å². The van der Waals surface area contributed by atoms with Gasteiger partial charge < -0.3 is 4.74 Å². The van der Waals surface area contributed by atoms with Gasteiger partial charge in [-0.05, 0) is 29.3 Å². The minimum absolute atomic E-state index is 0.0532. The van der Waals surface area contributed by atoms with Gasteiger partial charge in [0.25, 0.3) is 5.91 Å². The van der Waals surface area contributed by atoms with E-state index in [1.54, 1.807) is 18.2 Å². The van der Waals surface area contributed by atoms with Gasteiger partial charge in [0, 0.05) is 25.7 Å². The summed E-state index contributed by atoms with van der Waals surface area (Å²) in [5.74, 6) is 0.0223. The lowest BCUT2D eigenvalue weighted by atomic mass is 9.83. The Hall–Kier alpha value is -2.96. The van der Waals surface area contributed by atoms with Crippen LogP contribution in [0.15, 0.2) is 54.6 Å². The van der Waals surface area contributed by atoms with Crippen molar-refractivity contribution in [2.24, 2.45) is 0 Å². The second kappa shape index (κ2) is 6.98. The van der Waals surface area contributed by atoms with Crippen LogP contribution in [0.3, 0.4) is 0 Å². The van der Waals surface area contributed by atoms with Crippen molar-refractivity contribution in [2.45, 2.75) is 18.6 Å². The maximum absolute atomic E-state index is 12.7. The van der Waals surface area contributed by atoms with Gasteiger partial charge in [-0.1, -0.05) is 36.4 Å². The Bertz CT molecular complexity index is 902. The molecule has 2 aromatic carbocycles. The number of rotatable bonds is 4. The summed E-state index contributed by atoms with van der Waals surface area (Å²) in [6.45, 7) is 2.31. The van der Waals surface area contributed by atoms with Gasteiger partial charge >= 0.3 is 0 Å². The van der Waals surface area contributed by atoms with Crippen LogP contribution < -0.4 is 10.2 Å². The molecule has 6 heteroatoms. The molecule has 1 amide bonds. The summed E-state index contributed by atoms with van der Waals surface area (Å²) in [7, 11) is 0. The number of hydrogen-bond acceptors (Lipinski definition) is 5. The van der Waals surface area contributed by atoms with E-state index in [-0.39, 0.29) is 5.78 Å². The topological polar surface area (TPSA) is 78.9 Å². The lowest BCUT2D eigenvalue weighted by Crippen LogP contribution is -2.66. The van der Waals surface area contributed by atoms with E-state index in [1.807, 2.05) is 18.2 Å². The van der Waals surface area contributed by atoms with Gasteiger partial charge in [-0.2, -0.15) is 0 Å². The number of amides is 1. The van der Waals surface area contributed by atoms with Crippen LogP contribution >= 0.6 is 0 Å². The van der Waals surface area contributed by atoms with Crippen LogP contribution in [0, 0.1) is 0 Å². The molecule has 2 N–H and O–H groups in total. The van der Waals surface area contributed by atoms with E-state index in [0.717, 1.165) is 19.6 Å². The lowest BCUT2D eigenvalue weighted by Gasteiger charge is -2.51. The summed E-state index contributed by atoms with van der Waals surface area (Å²) < 4.78 is 6.19. The molecule has 27 heavy (non-hydrogen) atoms. The number of hydrogen-bond donors (Lipinski definition) is 2. The van der Waals surface area contributed by atoms with E-state index in [9.17, 15) is 9.59 Å². The number of carbonyl (C=O) groups excluding carboxylic acids is 2. The second-order valence-electron chi connectivity index (χ2n) is 7.08. The Morgan fingerprint density at radius 2 is 2.00 bits per heavy atom. The van der Waals surface area contributed by atoms with Crippen molar-refractivity contribution in [1.82, 2.24) is 10.4 Å². The van der Waals surface area contributed by atoms with Crippen LogP contribution in [0.25, 0.3) is 6.08 Å². The maximum atomic E-state index is 12.7. The van der Waals surface area contributed by atoms with Gasteiger partial charge in [-0.15, -0.1) is 0 Å². The third kappa shape index (κ3) is 3.63. The molecule has 6 nitrogen and oxygen atoms in total. The van der Waals surface area contributed by atoms with Gasteiger partial charge in [0.2, 0.25) is 0 Å². The van der Waals surface area contributed by atoms with E-state index < -0.39 is 11.5 Å². The smallest absolute Gasteiger partial charge is 0.267 e. The van der Waals surface area contributed by atoms with Crippen LogP contribution in [0.2, 0.25) is 0 Å². The third-order valence-corrected chi connectivity index (χ3v) is 4.92. The standard InChI is InChI=1S/C21H20N2O4/c24-18-11-21(13-23(14-21)12-16-4-2-1-3-5-16)27-19-8-6-15(10-17(18)19)7-9-20(25)22-26/h1-10,26H,11-14H2,(H,22,25). The summed E-state index contributed by atoms with van der Waals surface area (Å²) in [6.07, 6.45) is 3.09. The van der Waals surface area contributed by atoms with Crippen molar-refractivity contribution < 1.29 is 19.5 Å². The molecule has 0 radical (unpaired) electrons. The maximum Gasteiger partial charge on any atom is 0.267 e. The highest BCUT2D eigenvalue weighted by molar-refractivity contribution is 6.01. The van der Waals surface area contributed by atoms with Gasteiger partial charge in [0.05, 0.1) is 12.0 Å². The highest BCUT2D eigenvalue weighted by Gasteiger charge is 2.49. The molecule has 2 heterocycles. The van der Waals surface area contributed by atoms with Crippen molar-refractivity contribution in [2.75, 3.05) is 13.1 Å². The minimum Gasteiger partial charge on any atom is -0.483 e. The molecule has 0 atom stereocenters. The monoisotopic (exact) mass is 364 g/mol. The fourth-order valence-electron chi connectivity index (χ4n) is 3.72. The van der Waals surface area contributed by atoms with Crippen LogP contribution in [0.4, 0.5) is 0 Å².